The van der Waals surface area contributed by atoms with E-state index in [1.807, 2.05) is 115 Å². The molecule has 0 radical (unpaired) electrons. The lowest BCUT2D eigenvalue weighted by Crippen LogP contribution is -2.49. The highest BCUT2D eigenvalue weighted by Gasteiger charge is 2.36. The van der Waals surface area contributed by atoms with Crippen molar-refractivity contribution in [1.82, 2.24) is 4.98 Å². The molecule has 3 unspecified atom stereocenters. The summed E-state index contributed by atoms with van der Waals surface area (Å²) in [6.45, 7) is 2.53. The van der Waals surface area contributed by atoms with Crippen LogP contribution in [-0.2, 0) is 4.79 Å². The maximum Gasteiger partial charge on any atom is 0.326 e. The minimum atomic E-state index is -0.552. The molecule has 3 amide bonds. The summed E-state index contributed by atoms with van der Waals surface area (Å²) in [7, 11) is 0. The molecule has 1 aromatic heterocycles. The van der Waals surface area contributed by atoms with E-state index >= 15 is 0 Å². The van der Waals surface area contributed by atoms with Crippen LogP contribution in [-0.4, -0.2) is 34.8 Å². The summed E-state index contributed by atoms with van der Waals surface area (Å²) in [5, 5.41) is 6.28. The molecule has 3 atom stereocenters. The molecule has 1 aliphatic carbocycles. The monoisotopic (exact) mass is 662 g/mol. The number of ether oxygens (including phenoxy) is 1. The normalized spacial score (nSPS) is 17.2. The number of allylic oxidation sites excluding steroid dienone is 2. The Kier molecular flexibility index (Phi) is 8.83. The quantitative estimate of drug-likeness (QED) is 0.161. The maximum absolute atomic E-state index is 13.8. The zero-order chi connectivity index (χ0) is 31.5. The molecule has 0 saturated carbocycles. The Hall–Kier alpha value is -4.51. The van der Waals surface area contributed by atoms with Crippen molar-refractivity contribution in [1.29, 1.82) is 0 Å². The number of thioether (sulfide) groups is 2. The number of urea groups is 1. The Balaban J connectivity index is 1.11. The number of thiazole rings is 1. The molecule has 10 heteroatoms. The first kappa shape index (κ1) is 30.2. The second-order valence-electron chi connectivity index (χ2n) is 10.6. The van der Waals surface area contributed by atoms with Crippen LogP contribution >= 0.6 is 34.9 Å². The highest BCUT2D eigenvalue weighted by Crippen LogP contribution is 2.44. The van der Waals surface area contributed by atoms with Gasteiger partial charge in [0.05, 0.1) is 33.8 Å². The number of hydrogen-bond donors (Lipinski definition) is 2. The summed E-state index contributed by atoms with van der Waals surface area (Å²) in [5.41, 5.74) is 3.21. The number of benzene rings is 4. The third-order valence-electron chi connectivity index (χ3n) is 7.54. The van der Waals surface area contributed by atoms with Crippen molar-refractivity contribution in [3.8, 4) is 5.75 Å². The molecule has 2 N–H and O–H groups in total. The van der Waals surface area contributed by atoms with Crippen LogP contribution in [0.2, 0.25) is 0 Å². The van der Waals surface area contributed by atoms with Crippen LogP contribution in [0.5, 0.6) is 5.75 Å². The molecule has 5 aromatic rings. The van der Waals surface area contributed by atoms with Gasteiger partial charge in [0.15, 0.2) is 5.13 Å². The van der Waals surface area contributed by atoms with E-state index in [1.165, 1.54) is 23.1 Å². The number of carbonyl (C=O) groups is 2. The number of anilines is 3. The molecule has 46 heavy (non-hydrogen) atoms. The number of para-hydroxylation sites is 1. The van der Waals surface area contributed by atoms with Crippen LogP contribution in [0.4, 0.5) is 21.3 Å². The zero-order valence-electron chi connectivity index (χ0n) is 24.8. The molecule has 0 bridgehead atoms. The van der Waals surface area contributed by atoms with Gasteiger partial charge in [0, 0.05) is 15.5 Å². The lowest BCUT2D eigenvalue weighted by atomic mass is 10.1. The number of nitrogens with one attached hydrogen (secondary N) is 2. The Bertz CT molecular complexity index is 1960. The van der Waals surface area contributed by atoms with E-state index < -0.39 is 5.25 Å². The second kappa shape index (κ2) is 13.5. The van der Waals surface area contributed by atoms with Gasteiger partial charge in [-0.25, -0.2) is 9.78 Å². The van der Waals surface area contributed by atoms with Crippen LogP contribution in [0.25, 0.3) is 10.2 Å². The first-order valence-corrected chi connectivity index (χ1v) is 17.5. The molecule has 230 valence electrons. The van der Waals surface area contributed by atoms with E-state index in [0.717, 1.165) is 37.0 Å². The Morgan fingerprint density at radius 1 is 0.935 bits per heavy atom. The molecule has 1 aliphatic heterocycles. The SMILES string of the molecule is CCOc1ccc2nc(NC(=O)C(Sc3cccc(NC(=O)N4c5ccccc5SC5C=CC=CC54)c3)c3ccccc3)sc2c1. The molecule has 7 rings (SSSR count). The first-order valence-electron chi connectivity index (χ1n) is 14.9. The van der Waals surface area contributed by atoms with E-state index in [2.05, 4.69) is 33.8 Å². The second-order valence-corrected chi connectivity index (χ2v) is 14.0. The number of rotatable bonds is 8. The fourth-order valence-corrected chi connectivity index (χ4v) is 8.72. The van der Waals surface area contributed by atoms with Gasteiger partial charge in [-0.3, -0.25) is 9.69 Å². The Morgan fingerprint density at radius 3 is 2.63 bits per heavy atom. The van der Waals surface area contributed by atoms with Crippen LogP contribution in [0, 0.1) is 0 Å². The van der Waals surface area contributed by atoms with Gasteiger partial charge in [-0.1, -0.05) is 84.2 Å². The van der Waals surface area contributed by atoms with E-state index in [4.69, 9.17) is 4.74 Å². The van der Waals surface area contributed by atoms with Crippen molar-refractivity contribution in [2.45, 2.75) is 33.3 Å². The van der Waals surface area contributed by atoms with Gasteiger partial charge >= 0.3 is 6.03 Å². The van der Waals surface area contributed by atoms with E-state index in [0.29, 0.717) is 17.4 Å². The standard InChI is InChI=1S/C36H30N4O3S3/c1-2-43-25-19-20-27-32(22-25)46-35(38-27)39-34(41)33(23-11-4-3-5-12-23)44-26-14-10-13-24(21-26)37-36(42)40-28-15-6-8-17-30(28)45-31-18-9-7-16-29(31)40/h3-22,28,30,33H,2H2,1H3,(H,37,42)(H,38,39,41). The van der Waals surface area contributed by atoms with Crippen LogP contribution in [0.3, 0.4) is 0 Å². The predicted octanol–water partition coefficient (Wildman–Crippen LogP) is 9.17. The molecule has 0 fully saturated rings. The molecule has 2 heterocycles. The molecular formula is C36H30N4O3S3. The number of fused-ring (bicyclic) bond motifs is 3. The molecule has 4 aromatic carbocycles. The largest absolute Gasteiger partial charge is 0.494 e. The highest BCUT2D eigenvalue weighted by atomic mass is 32.2. The highest BCUT2D eigenvalue weighted by molar-refractivity contribution is 8.00. The summed E-state index contributed by atoms with van der Waals surface area (Å²) in [5.74, 6) is 0.594. The summed E-state index contributed by atoms with van der Waals surface area (Å²) >= 11 is 4.61. The van der Waals surface area contributed by atoms with Gasteiger partial charge in [0.25, 0.3) is 0 Å². The number of amides is 3. The van der Waals surface area contributed by atoms with Crippen LogP contribution in [0.15, 0.2) is 131 Å². The minimum Gasteiger partial charge on any atom is -0.494 e. The smallest absolute Gasteiger partial charge is 0.326 e. The number of hydrogen-bond acceptors (Lipinski definition) is 7. The Labute approximate surface area is 279 Å². The lowest BCUT2D eigenvalue weighted by molar-refractivity contribution is -0.115. The predicted molar refractivity (Wildman–Crippen MR) is 191 cm³/mol. The summed E-state index contributed by atoms with van der Waals surface area (Å²) in [4.78, 5) is 36.0. The van der Waals surface area contributed by atoms with Crippen LogP contribution in [0.1, 0.15) is 17.7 Å². The average molecular weight is 663 g/mol. The lowest BCUT2D eigenvalue weighted by Gasteiger charge is -2.40. The van der Waals surface area contributed by atoms with E-state index in [-0.39, 0.29) is 23.2 Å². The van der Waals surface area contributed by atoms with Crippen molar-refractivity contribution in [2.75, 3.05) is 22.1 Å². The third kappa shape index (κ3) is 6.42. The topological polar surface area (TPSA) is 83.6 Å². The van der Waals surface area contributed by atoms with Crippen molar-refractivity contribution >= 4 is 73.5 Å². The average Bonchev–Trinajstić information content (AvgIpc) is 3.48. The van der Waals surface area contributed by atoms with E-state index in [9.17, 15) is 9.59 Å². The van der Waals surface area contributed by atoms with Crippen molar-refractivity contribution in [2.24, 2.45) is 0 Å². The van der Waals surface area contributed by atoms with Gasteiger partial charge in [-0.05, 0) is 61.0 Å². The van der Waals surface area contributed by atoms with Gasteiger partial charge in [-0.15, -0.1) is 23.5 Å². The van der Waals surface area contributed by atoms with Crippen molar-refractivity contribution in [3.63, 3.8) is 0 Å². The first-order chi connectivity index (χ1) is 22.6. The number of aromatic nitrogens is 1. The fourth-order valence-electron chi connectivity index (χ4n) is 5.48. The molecule has 0 saturated heterocycles. The van der Waals surface area contributed by atoms with Gasteiger partial charge < -0.3 is 15.4 Å². The molecule has 0 spiro atoms. The fraction of sp³-hybridized carbons (Fsp3) is 0.139. The third-order valence-corrected chi connectivity index (χ3v) is 11.0. The van der Waals surface area contributed by atoms with Crippen molar-refractivity contribution in [3.05, 3.63) is 127 Å². The van der Waals surface area contributed by atoms with Gasteiger partial charge in [-0.2, -0.15) is 0 Å². The number of carbonyl (C=O) groups excluding carboxylic acids is 2. The van der Waals surface area contributed by atoms with Crippen LogP contribution < -0.4 is 20.3 Å². The van der Waals surface area contributed by atoms with Crippen molar-refractivity contribution < 1.29 is 14.3 Å². The Morgan fingerprint density at radius 2 is 1.76 bits per heavy atom. The summed E-state index contributed by atoms with van der Waals surface area (Å²) in [6, 6.07) is 30.8. The maximum atomic E-state index is 13.8. The zero-order valence-corrected chi connectivity index (χ0v) is 27.3. The number of nitrogens with zero attached hydrogens (tertiary/aromatic N) is 2. The molecular weight excluding hydrogens is 633 g/mol. The summed E-state index contributed by atoms with van der Waals surface area (Å²) in [6.07, 6.45) is 8.25. The van der Waals surface area contributed by atoms with Gasteiger partial charge in [0.1, 0.15) is 11.0 Å². The van der Waals surface area contributed by atoms with Gasteiger partial charge in [0.2, 0.25) is 5.91 Å². The summed E-state index contributed by atoms with van der Waals surface area (Å²) < 4.78 is 6.57. The molecule has 2 aliphatic rings. The molecule has 7 nitrogen and oxygen atoms in total. The minimum absolute atomic E-state index is 0.0955. The van der Waals surface area contributed by atoms with E-state index in [1.54, 1.807) is 11.8 Å².